The molecule has 0 aromatic carbocycles. The van der Waals surface area contributed by atoms with E-state index in [0.717, 1.165) is 50.2 Å². The second kappa shape index (κ2) is 7.45. The lowest BCUT2D eigenvalue weighted by molar-refractivity contribution is -0.136. The molecule has 0 radical (unpaired) electrons. The summed E-state index contributed by atoms with van der Waals surface area (Å²) in [4.78, 5) is 30.2. The van der Waals surface area contributed by atoms with Crippen molar-refractivity contribution in [3.63, 3.8) is 0 Å². The summed E-state index contributed by atoms with van der Waals surface area (Å²) in [6, 6.07) is 3.47. The van der Waals surface area contributed by atoms with Crippen LogP contribution in [0.1, 0.15) is 35.4 Å². The van der Waals surface area contributed by atoms with E-state index in [2.05, 4.69) is 5.32 Å². The predicted octanol–water partition coefficient (Wildman–Crippen LogP) is 1.81. The lowest BCUT2D eigenvalue weighted by Gasteiger charge is -2.36. The Hall–Kier alpha value is -1.40. The van der Waals surface area contributed by atoms with Crippen LogP contribution >= 0.6 is 11.3 Å². The summed E-state index contributed by atoms with van der Waals surface area (Å²) in [5, 5.41) is 5.11. The van der Waals surface area contributed by atoms with Crippen LogP contribution in [0.5, 0.6) is 0 Å². The van der Waals surface area contributed by atoms with Crippen LogP contribution < -0.4 is 5.32 Å². The molecule has 2 aliphatic heterocycles. The molecule has 0 bridgehead atoms. The van der Waals surface area contributed by atoms with Crippen LogP contribution in [-0.2, 0) is 4.79 Å². The monoisotopic (exact) mass is 335 g/mol. The van der Waals surface area contributed by atoms with Gasteiger partial charge in [0.25, 0.3) is 5.91 Å². The molecule has 1 aromatic rings. The van der Waals surface area contributed by atoms with Crippen LogP contribution in [0.2, 0.25) is 0 Å². The van der Waals surface area contributed by atoms with Crippen molar-refractivity contribution in [1.82, 2.24) is 15.1 Å². The van der Waals surface area contributed by atoms with Gasteiger partial charge in [-0.25, -0.2) is 0 Å². The zero-order valence-corrected chi connectivity index (χ0v) is 14.5. The van der Waals surface area contributed by atoms with Gasteiger partial charge in [0.1, 0.15) is 6.04 Å². The molecule has 2 aliphatic rings. The highest BCUT2D eigenvalue weighted by molar-refractivity contribution is 7.12. The molecule has 3 rings (SSSR count). The van der Waals surface area contributed by atoms with Crippen LogP contribution in [0.25, 0.3) is 0 Å². The SMILES string of the molecule is CNCC1CCN(C(=O)C2CCCCN2C(=O)c2cccs2)C1. The molecule has 2 atom stereocenters. The third kappa shape index (κ3) is 3.58. The highest BCUT2D eigenvalue weighted by atomic mass is 32.1. The van der Waals surface area contributed by atoms with E-state index in [1.54, 1.807) is 0 Å². The number of amides is 2. The minimum absolute atomic E-state index is 0.0176. The first-order valence-corrected chi connectivity index (χ1v) is 9.36. The summed E-state index contributed by atoms with van der Waals surface area (Å²) in [5.41, 5.74) is 0. The largest absolute Gasteiger partial charge is 0.341 e. The zero-order chi connectivity index (χ0) is 16.2. The minimum atomic E-state index is -0.272. The minimum Gasteiger partial charge on any atom is -0.341 e. The molecule has 2 amide bonds. The van der Waals surface area contributed by atoms with E-state index < -0.39 is 0 Å². The molecule has 2 saturated heterocycles. The van der Waals surface area contributed by atoms with Crippen LogP contribution in [0.4, 0.5) is 0 Å². The van der Waals surface area contributed by atoms with Gasteiger partial charge in [-0.3, -0.25) is 9.59 Å². The number of thiophene rings is 1. The van der Waals surface area contributed by atoms with Crippen molar-refractivity contribution < 1.29 is 9.59 Å². The fraction of sp³-hybridized carbons (Fsp3) is 0.647. The smallest absolute Gasteiger partial charge is 0.264 e. The van der Waals surface area contributed by atoms with Gasteiger partial charge in [0.2, 0.25) is 5.91 Å². The number of hydrogen-bond acceptors (Lipinski definition) is 4. The highest BCUT2D eigenvalue weighted by Gasteiger charge is 2.37. The van der Waals surface area contributed by atoms with Crippen molar-refractivity contribution in [2.24, 2.45) is 5.92 Å². The Kier molecular flexibility index (Phi) is 5.33. The Balaban J connectivity index is 1.69. The average Bonchev–Trinajstić information content (AvgIpc) is 3.26. The number of piperidine rings is 1. The molecule has 2 unspecified atom stereocenters. The quantitative estimate of drug-likeness (QED) is 0.913. The topological polar surface area (TPSA) is 52.7 Å². The lowest BCUT2D eigenvalue weighted by Crippen LogP contribution is -2.52. The first kappa shape index (κ1) is 16.5. The van der Waals surface area contributed by atoms with Crippen molar-refractivity contribution in [3.05, 3.63) is 22.4 Å². The van der Waals surface area contributed by atoms with Crippen molar-refractivity contribution >= 4 is 23.2 Å². The standard InChI is InChI=1S/C17H25N3O2S/c1-18-11-13-7-9-19(12-13)16(21)14-5-2-3-8-20(14)17(22)15-6-4-10-23-15/h4,6,10,13-14,18H,2-3,5,7-9,11-12H2,1H3. The molecular formula is C17H25N3O2S. The van der Waals surface area contributed by atoms with E-state index >= 15 is 0 Å². The van der Waals surface area contributed by atoms with Gasteiger partial charge in [-0.1, -0.05) is 6.07 Å². The molecule has 2 fully saturated rings. The fourth-order valence-corrected chi connectivity index (χ4v) is 4.35. The third-order valence-corrected chi connectivity index (χ3v) is 5.73. The zero-order valence-electron chi connectivity index (χ0n) is 13.7. The van der Waals surface area contributed by atoms with Gasteiger partial charge in [-0.2, -0.15) is 0 Å². The Morgan fingerprint density at radius 3 is 2.91 bits per heavy atom. The maximum Gasteiger partial charge on any atom is 0.264 e. The maximum atomic E-state index is 12.9. The summed E-state index contributed by atoms with van der Waals surface area (Å²) in [7, 11) is 1.95. The first-order valence-electron chi connectivity index (χ1n) is 8.48. The molecule has 0 spiro atoms. The molecule has 1 aromatic heterocycles. The summed E-state index contributed by atoms with van der Waals surface area (Å²) in [6.45, 7) is 3.28. The number of nitrogens with one attached hydrogen (secondary N) is 1. The van der Waals surface area contributed by atoms with Crippen molar-refractivity contribution in [2.45, 2.75) is 31.7 Å². The highest BCUT2D eigenvalue weighted by Crippen LogP contribution is 2.25. The van der Waals surface area contributed by atoms with E-state index in [9.17, 15) is 9.59 Å². The predicted molar refractivity (Wildman–Crippen MR) is 91.6 cm³/mol. The van der Waals surface area contributed by atoms with Gasteiger partial charge in [-0.05, 0) is 56.6 Å². The van der Waals surface area contributed by atoms with E-state index in [0.29, 0.717) is 12.5 Å². The summed E-state index contributed by atoms with van der Waals surface area (Å²) in [5.74, 6) is 0.700. The Labute approximate surface area is 141 Å². The molecule has 23 heavy (non-hydrogen) atoms. The second-order valence-electron chi connectivity index (χ2n) is 6.48. The Bertz CT molecular complexity index is 546. The van der Waals surface area contributed by atoms with Gasteiger partial charge in [0.15, 0.2) is 0 Å². The number of nitrogens with zero attached hydrogens (tertiary/aromatic N) is 2. The molecular weight excluding hydrogens is 310 g/mol. The molecule has 1 N–H and O–H groups in total. The van der Waals surface area contributed by atoms with Crippen molar-refractivity contribution in [3.8, 4) is 0 Å². The normalized spacial score (nSPS) is 24.9. The lowest BCUT2D eigenvalue weighted by atomic mass is 10.0. The van der Waals surface area contributed by atoms with Gasteiger partial charge in [0.05, 0.1) is 4.88 Å². The van der Waals surface area contributed by atoms with E-state index in [1.807, 2.05) is 34.4 Å². The van der Waals surface area contributed by atoms with Crippen LogP contribution in [0.3, 0.4) is 0 Å². The van der Waals surface area contributed by atoms with Crippen LogP contribution in [-0.4, -0.2) is 60.9 Å². The molecule has 0 aliphatic carbocycles. The van der Waals surface area contributed by atoms with E-state index in [1.165, 1.54) is 11.3 Å². The Morgan fingerprint density at radius 1 is 1.30 bits per heavy atom. The molecule has 5 nitrogen and oxygen atoms in total. The van der Waals surface area contributed by atoms with Gasteiger partial charge >= 0.3 is 0 Å². The number of likely N-dealkylation sites (tertiary alicyclic amines) is 2. The molecule has 3 heterocycles. The molecule has 6 heteroatoms. The van der Waals surface area contributed by atoms with Crippen LogP contribution in [0, 0.1) is 5.92 Å². The Morgan fingerprint density at radius 2 is 2.17 bits per heavy atom. The fourth-order valence-electron chi connectivity index (χ4n) is 3.67. The summed E-state index contributed by atoms with van der Waals surface area (Å²) in [6.07, 6.45) is 3.86. The summed E-state index contributed by atoms with van der Waals surface area (Å²) < 4.78 is 0. The third-order valence-electron chi connectivity index (χ3n) is 4.87. The molecule has 0 saturated carbocycles. The van der Waals surface area contributed by atoms with Crippen LogP contribution in [0.15, 0.2) is 17.5 Å². The average molecular weight is 335 g/mol. The summed E-state index contributed by atoms with van der Waals surface area (Å²) >= 11 is 1.45. The van der Waals surface area contributed by atoms with Gasteiger partial charge < -0.3 is 15.1 Å². The van der Waals surface area contributed by atoms with Gasteiger partial charge in [0, 0.05) is 19.6 Å². The molecule has 126 valence electrons. The number of rotatable bonds is 4. The van der Waals surface area contributed by atoms with Crippen molar-refractivity contribution in [1.29, 1.82) is 0 Å². The number of carbonyl (C=O) groups excluding carboxylic acids is 2. The maximum absolute atomic E-state index is 12.9. The number of hydrogen-bond donors (Lipinski definition) is 1. The first-order chi connectivity index (χ1) is 11.2. The second-order valence-corrected chi connectivity index (χ2v) is 7.43. The van der Waals surface area contributed by atoms with E-state index in [4.69, 9.17) is 0 Å². The van der Waals surface area contributed by atoms with Gasteiger partial charge in [-0.15, -0.1) is 11.3 Å². The number of carbonyl (C=O) groups is 2. The van der Waals surface area contributed by atoms with E-state index in [-0.39, 0.29) is 17.9 Å². The van der Waals surface area contributed by atoms with Crippen molar-refractivity contribution in [2.75, 3.05) is 33.2 Å².